The largest absolute Gasteiger partial charge is 0.326 e. The predicted octanol–water partition coefficient (Wildman–Crippen LogP) is 1.13. The van der Waals surface area contributed by atoms with Gasteiger partial charge in [-0.3, -0.25) is 0 Å². The van der Waals surface area contributed by atoms with Crippen LogP contribution in [0, 0.1) is 11.8 Å². The smallest absolute Gasteiger partial charge is 0.0712 e. The molecule has 4 unspecified atom stereocenters. The molecule has 2 aliphatic rings. The Bertz CT molecular complexity index is 241. The summed E-state index contributed by atoms with van der Waals surface area (Å²) in [5.74, 6) is 1.31. The van der Waals surface area contributed by atoms with E-state index in [0.29, 0.717) is 23.9 Å². The Hall–Kier alpha value is -0.480. The Balaban J connectivity index is 2.00. The van der Waals surface area contributed by atoms with E-state index in [2.05, 4.69) is 29.1 Å². The van der Waals surface area contributed by atoms with Crippen molar-refractivity contribution in [1.29, 1.82) is 0 Å². The fourth-order valence-electron chi connectivity index (χ4n) is 2.99. The van der Waals surface area contributed by atoms with E-state index in [1.807, 2.05) is 0 Å². The quantitative estimate of drug-likeness (QED) is 0.705. The zero-order valence-corrected chi connectivity index (χ0v) is 9.76. The van der Waals surface area contributed by atoms with Crippen molar-refractivity contribution in [2.24, 2.45) is 27.8 Å². The maximum atomic E-state index is 6.25. The van der Waals surface area contributed by atoms with Crippen molar-refractivity contribution < 1.29 is 0 Å². The summed E-state index contributed by atoms with van der Waals surface area (Å²) < 4.78 is 0. The van der Waals surface area contributed by atoms with Crippen molar-refractivity contribution in [3.8, 4) is 0 Å². The molecule has 0 aromatic rings. The van der Waals surface area contributed by atoms with Crippen LogP contribution in [0.4, 0.5) is 0 Å². The molecule has 0 aliphatic carbocycles. The summed E-state index contributed by atoms with van der Waals surface area (Å²) in [4.78, 5) is 2.33. The third-order valence-corrected chi connectivity index (χ3v) is 3.91. The van der Waals surface area contributed by atoms with Gasteiger partial charge in [0.05, 0.1) is 12.6 Å². The molecular weight excluding hydrogens is 188 g/mol. The normalized spacial score (nSPS) is 43.1. The summed E-state index contributed by atoms with van der Waals surface area (Å²) in [6.45, 7) is 5.29. The molecule has 15 heavy (non-hydrogen) atoms. The van der Waals surface area contributed by atoms with E-state index in [1.54, 1.807) is 0 Å². The van der Waals surface area contributed by atoms with Crippen LogP contribution in [0.3, 0.4) is 0 Å². The van der Waals surface area contributed by atoms with Gasteiger partial charge >= 0.3 is 0 Å². The summed E-state index contributed by atoms with van der Waals surface area (Å²) in [5, 5.41) is 8.41. The third kappa shape index (κ3) is 2.37. The van der Waals surface area contributed by atoms with E-state index in [9.17, 15) is 0 Å². The first-order chi connectivity index (χ1) is 7.18. The molecular formula is C11H22N4. The minimum Gasteiger partial charge on any atom is -0.326 e. The van der Waals surface area contributed by atoms with E-state index in [4.69, 9.17) is 5.73 Å². The number of likely N-dealkylation sites (N-methyl/N-ethyl adjacent to an activating group) is 1. The van der Waals surface area contributed by atoms with Crippen LogP contribution in [0.25, 0.3) is 0 Å². The first-order valence-corrected chi connectivity index (χ1v) is 5.99. The monoisotopic (exact) mass is 210 g/mol. The fourth-order valence-corrected chi connectivity index (χ4v) is 2.99. The Kier molecular flexibility index (Phi) is 3.36. The molecule has 2 rings (SSSR count). The molecule has 0 spiro atoms. The number of hydrogen-bond acceptors (Lipinski definition) is 4. The molecule has 0 saturated carbocycles. The topological polar surface area (TPSA) is 54.0 Å². The van der Waals surface area contributed by atoms with Crippen LogP contribution in [-0.2, 0) is 0 Å². The Morgan fingerprint density at radius 3 is 2.73 bits per heavy atom. The van der Waals surface area contributed by atoms with Crippen LogP contribution < -0.4 is 5.73 Å². The second-order valence-electron chi connectivity index (χ2n) is 5.05. The van der Waals surface area contributed by atoms with Gasteiger partial charge in [0.25, 0.3) is 0 Å². The SMILES string of the molecule is CC1N=NCCC1C1CCN(C)CC1N. The van der Waals surface area contributed by atoms with Crippen LogP contribution in [0.2, 0.25) is 0 Å². The van der Waals surface area contributed by atoms with Crippen molar-refractivity contribution in [1.82, 2.24) is 4.90 Å². The van der Waals surface area contributed by atoms with Gasteiger partial charge in [0, 0.05) is 12.6 Å². The maximum Gasteiger partial charge on any atom is 0.0712 e. The van der Waals surface area contributed by atoms with Gasteiger partial charge in [0.15, 0.2) is 0 Å². The molecule has 2 heterocycles. The van der Waals surface area contributed by atoms with E-state index in [0.717, 1.165) is 13.1 Å². The summed E-state index contributed by atoms with van der Waals surface area (Å²) in [5.41, 5.74) is 6.25. The molecule has 86 valence electrons. The Labute approximate surface area is 91.9 Å². The zero-order valence-electron chi connectivity index (χ0n) is 9.76. The van der Waals surface area contributed by atoms with Gasteiger partial charge < -0.3 is 10.6 Å². The lowest BCUT2D eigenvalue weighted by Gasteiger charge is -2.41. The molecule has 0 bridgehead atoms. The predicted molar refractivity (Wildman–Crippen MR) is 60.9 cm³/mol. The fraction of sp³-hybridized carbons (Fsp3) is 1.00. The Morgan fingerprint density at radius 1 is 1.27 bits per heavy atom. The number of piperidine rings is 1. The molecule has 1 saturated heterocycles. The average Bonchev–Trinajstić information content (AvgIpc) is 2.20. The van der Waals surface area contributed by atoms with Crippen LogP contribution in [-0.4, -0.2) is 43.7 Å². The lowest BCUT2D eigenvalue weighted by atomic mass is 9.76. The first kappa shape index (κ1) is 11.0. The second-order valence-corrected chi connectivity index (χ2v) is 5.05. The van der Waals surface area contributed by atoms with Gasteiger partial charge in [0.1, 0.15) is 0 Å². The molecule has 2 N–H and O–H groups in total. The van der Waals surface area contributed by atoms with Gasteiger partial charge in [-0.05, 0) is 45.2 Å². The number of rotatable bonds is 1. The van der Waals surface area contributed by atoms with Crippen molar-refractivity contribution >= 4 is 0 Å². The third-order valence-electron chi connectivity index (χ3n) is 3.91. The van der Waals surface area contributed by atoms with Crippen LogP contribution >= 0.6 is 0 Å². The Morgan fingerprint density at radius 2 is 2.07 bits per heavy atom. The highest BCUT2D eigenvalue weighted by atomic mass is 15.1. The summed E-state index contributed by atoms with van der Waals surface area (Å²) in [6, 6.07) is 0.697. The van der Waals surface area contributed by atoms with Crippen LogP contribution in [0.1, 0.15) is 19.8 Å². The van der Waals surface area contributed by atoms with Crippen LogP contribution in [0.5, 0.6) is 0 Å². The first-order valence-electron chi connectivity index (χ1n) is 5.99. The highest BCUT2D eigenvalue weighted by molar-refractivity contribution is 4.91. The minimum atomic E-state index is 0.324. The average molecular weight is 210 g/mol. The summed E-state index contributed by atoms with van der Waals surface area (Å²) in [7, 11) is 2.15. The highest BCUT2D eigenvalue weighted by Crippen LogP contribution is 2.32. The van der Waals surface area contributed by atoms with Crippen molar-refractivity contribution in [2.75, 3.05) is 26.7 Å². The molecule has 0 amide bonds. The summed E-state index contributed by atoms with van der Waals surface area (Å²) in [6.07, 6.45) is 2.40. The minimum absolute atomic E-state index is 0.324. The lowest BCUT2D eigenvalue weighted by molar-refractivity contribution is 0.122. The second kappa shape index (κ2) is 4.58. The molecule has 0 aromatic heterocycles. The van der Waals surface area contributed by atoms with Gasteiger partial charge in [-0.2, -0.15) is 10.2 Å². The number of hydrogen-bond donors (Lipinski definition) is 1. The molecule has 2 aliphatic heterocycles. The maximum absolute atomic E-state index is 6.25. The van der Waals surface area contributed by atoms with E-state index >= 15 is 0 Å². The van der Waals surface area contributed by atoms with Gasteiger partial charge in [-0.15, -0.1) is 0 Å². The standard InChI is InChI=1S/C11H22N4/c1-8-9(3-5-13-14-8)10-4-6-15(2)7-11(10)12/h8-11H,3-7,12H2,1-2H3. The lowest BCUT2D eigenvalue weighted by Crippen LogP contribution is -2.51. The molecule has 4 nitrogen and oxygen atoms in total. The molecule has 4 heteroatoms. The molecule has 1 fully saturated rings. The number of nitrogens with zero attached hydrogens (tertiary/aromatic N) is 3. The van der Waals surface area contributed by atoms with Crippen molar-refractivity contribution in [2.45, 2.75) is 31.8 Å². The molecule has 0 aromatic carbocycles. The van der Waals surface area contributed by atoms with Crippen LogP contribution in [0.15, 0.2) is 10.2 Å². The van der Waals surface area contributed by atoms with Crippen molar-refractivity contribution in [3.63, 3.8) is 0 Å². The zero-order chi connectivity index (χ0) is 10.8. The van der Waals surface area contributed by atoms with Crippen molar-refractivity contribution in [3.05, 3.63) is 0 Å². The highest BCUT2D eigenvalue weighted by Gasteiger charge is 2.35. The van der Waals surface area contributed by atoms with E-state index in [-0.39, 0.29) is 0 Å². The van der Waals surface area contributed by atoms with Gasteiger partial charge in [0.2, 0.25) is 0 Å². The van der Waals surface area contributed by atoms with Gasteiger partial charge in [-0.1, -0.05) is 0 Å². The molecule has 0 radical (unpaired) electrons. The van der Waals surface area contributed by atoms with E-state index in [1.165, 1.54) is 19.4 Å². The number of likely N-dealkylation sites (tertiary alicyclic amines) is 1. The number of azo groups is 1. The van der Waals surface area contributed by atoms with Gasteiger partial charge in [-0.25, -0.2) is 0 Å². The molecule has 4 atom stereocenters. The van der Waals surface area contributed by atoms with E-state index < -0.39 is 0 Å². The number of nitrogens with two attached hydrogens (primary N) is 1. The summed E-state index contributed by atoms with van der Waals surface area (Å²) >= 11 is 0.